The van der Waals surface area contributed by atoms with Crippen LogP contribution >= 0.6 is 0 Å². The van der Waals surface area contributed by atoms with Crippen LogP contribution in [0.15, 0.2) is 187 Å². The number of benzene rings is 8. The standard InChI is InChI=1S/C64H34N16O3S.Cu/c81-84(82,46-30-14-28-44-48(46)64-78-60-42-26-12-10-24-40(42)56(74-60)70-52-34-18-4-2-16-32(34)50(66-52)68-54-36-20-6-8-22-38(36)58(72-54)76-62(44)80-64)83-45-29-13-27-43-47(45)63-77-59-41-25-11-9-23-39(41)55(73-59)69-51-33-17-3-1-15-31(33)49(65-51)67-53-35-19-5-7-21-37(35)57(71-53)75-61(43)79-63;/h1-30H,(H2,65,67,69,71,73,75,77,79)(H2,66,68,70,72,74,76,78,80);. The number of rotatable bonds is 3. The Labute approximate surface area is 488 Å². The zero-order chi connectivity index (χ0) is 55.4. The molecule has 0 saturated heterocycles. The molecule has 4 aliphatic heterocycles. The maximum atomic E-state index is 15.6. The molecule has 4 aliphatic rings. The Bertz CT molecular complexity index is 5790. The molecule has 0 atom stereocenters. The van der Waals surface area contributed by atoms with E-state index in [1.165, 1.54) is 6.07 Å². The summed E-state index contributed by atoms with van der Waals surface area (Å²) in [5, 5.41) is 4.82. The van der Waals surface area contributed by atoms with Crippen LogP contribution in [-0.2, 0) is 27.2 Å². The molecule has 6 aromatic heterocycles. The van der Waals surface area contributed by atoms with E-state index in [4.69, 9.17) is 64.0 Å². The second-order valence-corrected chi connectivity index (χ2v) is 21.9. The molecule has 1 radical (unpaired) electrons. The molecule has 10 heterocycles. The zero-order valence-corrected chi connectivity index (χ0v) is 45.4. The van der Waals surface area contributed by atoms with E-state index in [1.54, 1.807) is 24.3 Å². The van der Waals surface area contributed by atoms with Gasteiger partial charge in [-0.2, -0.15) is 8.42 Å². The number of nitrogens with zero attached hydrogens (tertiary/aromatic N) is 12. The summed E-state index contributed by atoms with van der Waals surface area (Å²) in [6.45, 7) is 0. The van der Waals surface area contributed by atoms with Crippen LogP contribution in [0.1, 0.15) is 0 Å². The van der Waals surface area contributed by atoms with E-state index in [0.717, 1.165) is 54.9 Å². The summed E-state index contributed by atoms with van der Waals surface area (Å²) in [6.07, 6.45) is 0. The Morgan fingerprint density at radius 2 is 0.506 bits per heavy atom. The molecule has 16 bridgehead atoms. The number of nitrogens with one attached hydrogen (secondary N) is 4. The minimum absolute atomic E-state index is 0. The van der Waals surface area contributed by atoms with Gasteiger partial charge < -0.3 is 24.1 Å². The number of aromatic amines is 4. The second kappa shape index (κ2) is 18.1. The summed E-state index contributed by atoms with van der Waals surface area (Å²) in [6, 6.07) is 56.6. The third-order valence-electron chi connectivity index (χ3n) is 15.6. The van der Waals surface area contributed by atoms with Crippen LogP contribution in [0, 0.1) is 0 Å². The zero-order valence-electron chi connectivity index (χ0n) is 43.6. The van der Waals surface area contributed by atoms with Gasteiger partial charge in [0.25, 0.3) is 0 Å². The van der Waals surface area contributed by atoms with Crippen molar-refractivity contribution in [2.24, 2.45) is 0 Å². The average Bonchev–Trinajstić information content (AvgIpc) is 3.51. The van der Waals surface area contributed by atoms with Gasteiger partial charge in [-0.15, -0.1) is 0 Å². The van der Waals surface area contributed by atoms with Crippen molar-refractivity contribution in [3.05, 3.63) is 182 Å². The van der Waals surface area contributed by atoms with Crippen molar-refractivity contribution in [1.82, 2.24) is 79.7 Å². The summed E-state index contributed by atoms with van der Waals surface area (Å²) in [4.78, 5) is 74.7. The maximum Gasteiger partial charge on any atom is 0.340 e. The predicted molar refractivity (Wildman–Crippen MR) is 320 cm³/mol. The van der Waals surface area contributed by atoms with Crippen LogP contribution in [0.4, 0.5) is 0 Å². The van der Waals surface area contributed by atoms with Crippen molar-refractivity contribution in [2.75, 3.05) is 0 Å². The van der Waals surface area contributed by atoms with Crippen molar-refractivity contribution in [3.63, 3.8) is 0 Å². The van der Waals surface area contributed by atoms with E-state index in [9.17, 15) is 0 Å². The molecule has 0 aliphatic carbocycles. The molecule has 4 N–H and O–H groups in total. The number of fused-ring (bicyclic) bond motifs is 40. The van der Waals surface area contributed by atoms with E-state index in [2.05, 4.69) is 19.9 Å². The van der Waals surface area contributed by atoms with Gasteiger partial charge in [0.15, 0.2) is 52.3 Å². The minimum atomic E-state index is -4.80. The fraction of sp³-hybridized carbons (Fsp3) is 0. The van der Waals surface area contributed by atoms with Gasteiger partial charge in [-0.3, -0.25) is 0 Å². The van der Waals surface area contributed by atoms with Gasteiger partial charge in [0.05, 0.1) is 10.8 Å². The molecule has 0 unspecified atom stereocenters. The molecule has 8 aromatic carbocycles. The Balaban J connectivity index is 0.00000567. The fourth-order valence-corrected chi connectivity index (χ4v) is 12.9. The Kier molecular flexibility index (Phi) is 10.3. The first-order chi connectivity index (χ1) is 41.3. The third kappa shape index (κ3) is 7.41. The Morgan fingerprint density at radius 1 is 0.259 bits per heavy atom. The van der Waals surface area contributed by atoms with E-state index in [1.807, 2.05) is 152 Å². The van der Waals surface area contributed by atoms with E-state index >= 15 is 8.42 Å². The molecule has 85 heavy (non-hydrogen) atoms. The third-order valence-corrected chi connectivity index (χ3v) is 16.8. The molecule has 0 amide bonds. The van der Waals surface area contributed by atoms with Crippen LogP contribution in [0.5, 0.6) is 5.75 Å². The molecule has 405 valence electrons. The van der Waals surface area contributed by atoms with Crippen molar-refractivity contribution < 1.29 is 29.7 Å². The van der Waals surface area contributed by atoms with E-state index < -0.39 is 10.1 Å². The topological polar surface area (TPSA) is 261 Å². The molecule has 0 spiro atoms. The number of hydrogen-bond donors (Lipinski definition) is 4. The molecule has 21 heteroatoms. The van der Waals surface area contributed by atoms with Gasteiger partial charge in [0.1, 0.15) is 50.1 Å². The van der Waals surface area contributed by atoms with Crippen LogP contribution in [-0.4, -0.2) is 88.2 Å². The molecule has 18 rings (SSSR count). The largest absolute Gasteiger partial charge is 0.378 e. The molecule has 0 fully saturated rings. The van der Waals surface area contributed by atoms with Crippen molar-refractivity contribution in [2.45, 2.75) is 4.90 Å². The second-order valence-electron chi connectivity index (χ2n) is 20.4. The fourth-order valence-electron chi connectivity index (χ4n) is 11.8. The normalized spacial score (nSPS) is 12.2. The predicted octanol–water partition coefficient (Wildman–Crippen LogP) is 12.8. The molecule has 14 aromatic rings. The molecular formula is C64H34CuN16O3S. The summed E-state index contributed by atoms with van der Waals surface area (Å²) >= 11 is 0. The summed E-state index contributed by atoms with van der Waals surface area (Å²) in [5.74, 6) is 3.02. The number of aromatic nitrogens is 16. The number of hydrogen-bond acceptors (Lipinski definition) is 15. The summed E-state index contributed by atoms with van der Waals surface area (Å²) in [5.41, 5.74) is 9.15. The van der Waals surface area contributed by atoms with Gasteiger partial charge >= 0.3 is 10.1 Å². The van der Waals surface area contributed by atoms with Gasteiger partial charge in [-0.25, -0.2) is 59.8 Å². The van der Waals surface area contributed by atoms with Gasteiger partial charge in [-0.1, -0.05) is 170 Å². The molecule has 0 saturated carbocycles. The SMILES string of the molecule is O=S(=O)(Oc1cccc2c3nc4nc(nc5[nH]c(nc6nc(nc([nH]3)c12)-c1ccccc1-6)c1ccccc51)-c1ccccc1-4)c1cccc2c3nc4nc(nc5[nH]c(nc6nc(nc([nH]3)c12)-c1ccccc1-6)c1ccccc51)-c1ccccc1-4.[Cu]. The minimum Gasteiger partial charge on any atom is -0.378 e. The first-order valence-corrected chi connectivity index (χ1v) is 28.1. The molecule has 19 nitrogen and oxygen atoms in total. The van der Waals surface area contributed by atoms with Gasteiger partial charge in [-0.05, 0) is 12.1 Å². The Morgan fingerprint density at radius 3 is 0.847 bits per heavy atom. The average molecular weight is 1170 g/mol. The first kappa shape index (κ1) is 48.5. The monoisotopic (exact) mass is 1170 g/mol. The summed E-state index contributed by atoms with van der Waals surface area (Å²) in [7, 11) is -4.80. The van der Waals surface area contributed by atoms with Gasteiger partial charge in [0.2, 0.25) is 0 Å². The van der Waals surface area contributed by atoms with Gasteiger partial charge in [0, 0.05) is 93.9 Å². The van der Waals surface area contributed by atoms with Crippen molar-refractivity contribution in [3.8, 4) is 96.9 Å². The Hall–Kier alpha value is -11.3. The van der Waals surface area contributed by atoms with Crippen molar-refractivity contribution >= 4 is 98.4 Å². The van der Waals surface area contributed by atoms with Crippen LogP contribution < -0.4 is 4.18 Å². The van der Waals surface area contributed by atoms with Crippen molar-refractivity contribution in [1.29, 1.82) is 0 Å². The quantitative estimate of drug-likeness (QED) is 0.0947. The number of H-pyrrole nitrogens is 4. The van der Waals surface area contributed by atoms with E-state index in [0.29, 0.717) is 108 Å². The van der Waals surface area contributed by atoms with E-state index in [-0.39, 0.29) is 44.4 Å². The smallest absolute Gasteiger partial charge is 0.340 e. The summed E-state index contributed by atoms with van der Waals surface area (Å²) < 4.78 is 37.6. The van der Waals surface area contributed by atoms with Crippen LogP contribution in [0.2, 0.25) is 0 Å². The maximum absolute atomic E-state index is 15.6. The van der Waals surface area contributed by atoms with Crippen LogP contribution in [0.3, 0.4) is 0 Å². The van der Waals surface area contributed by atoms with Crippen LogP contribution in [0.25, 0.3) is 179 Å². The molecular weight excluding hydrogens is 1140 g/mol. The first-order valence-electron chi connectivity index (χ1n) is 26.7.